The molecule has 1 fully saturated rings. The first-order valence-electron chi connectivity index (χ1n) is 7.59. The Balaban J connectivity index is 2.13. The Hall–Kier alpha value is -0.670. The number of hydrogen-bond donors (Lipinski definition) is 1. The van der Waals surface area contributed by atoms with E-state index in [-0.39, 0.29) is 5.54 Å². The van der Waals surface area contributed by atoms with Gasteiger partial charge in [0.25, 0.3) is 0 Å². The number of nitriles is 1. The zero-order chi connectivity index (χ0) is 14.7. The molecule has 1 aliphatic carbocycles. The van der Waals surface area contributed by atoms with E-state index in [1.165, 1.54) is 0 Å². The third-order valence-electron chi connectivity index (χ3n) is 3.93. The van der Waals surface area contributed by atoms with Crippen molar-refractivity contribution in [3.8, 4) is 6.07 Å². The van der Waals surface area contributed by atoms with Gasteiger partial charge in [0.05, 0.1) is 32.5 Å². The zero-order valence-corrected chi connectivity index (χ0v) is 12.8. The SMILES string of the molecule is CCNC1(C#N)CCCC1CCOCCOCCOC. The van der Waals surface area contributed by atoms with Crippen LogP contribution in [-0.4, -0.2) is 52.2 Å². The van der Waals surface area contributed by atoms with Gasteiger partial charge in [0.1, 0.15) is 5.54 Å². The molecular weight excluding hydrogens is 256 g/mol. The van der Waals surface area contributed by atoms with Crippen molar-refractivity contribution in [1.29, 1.82) is 5.26 Å². The third kappa shape index (κ3) is 5.37. The lowest BCUT2D eigenvalue weighted by Crippen LogP contribution is -2.47. The fourth-order valence-corrected chi connectivity index (χ4v) is 2.89. The number of hydrogen-bond acceptors (Lipinski definition) is 5. The molecule has 0 bridgehead atoms. The van der Waals surface area contributed by atoms with Crippen LogP contribution in [0, 0.1) is 17.2 Å². The minimum atomic E-state index is -0.326. The molecule has 5 nitrogen and oxygen atoms in total. The van der Waals surface area contributed by atoms with Crippen LogP contribution in [0.3, 0.4) is 0 Å². The first-order chi connectivity index (χ1) is 9.79. The Labute approximate surface area is 122 Å². The first-order valence-corrected chi connectivity index (χ1v) is 7.59. The van der Waals surface area contributed by atoms with Gasteiger partial charge in [0.15, 0.2) is 0 Å². The van der Waals surface area contributed by atoms with E-state index >= 15 is 0 Å². The summed E-state index contributed by atoms with van der Waals surface area (Å²) < 4.78 is 15.8. The van der Waals surface area contributed by atoms with Crippen LogP contribution in [0.1, 0.15) is 32.6 Å². The van der Waals surface area contributed by atoms with Gasteiger partial charge in [-0.05, 0) is 31.7 Å². The summed E-state index contributed by atoms with van der Waals surface area (Å²) in [6.45, 7) is 6.05. The molecule has 0 aromatic heterocycles. The van der Waals surface area contributed by atoms with Gasteiger partial charge in [0.2, 0.25) is 0 Å². The van der Waals surface area contributed by atoms with Gasteiger partial charge in [0, 0.05) is 13.7 Å². The van der Waals surface area contributed by atoms with Crippen LogP contribution >= 0.6 is 0 Å². The molecule has 1 rings (SSSR count). The molecule has 2 atom stereocenters. The lowest BCUT2D eigenvalue weighted by Gasteiger charge is -2.29. The van der Waals surface area contributed by atoms with Crippen LogP contribution in [0.4, 0.5) is 0 Å². The number of nitrogens with one attached hydrogen (secondary N) is 1. The third-order valence-corrected chi connectivity index (χ3v) is 3.93. The van der Waals surface area contributed by atoms with E-state index in [1.807, 2.05) is 0 Å². The Kier molecular flexibility index (Phi) is 8.79. The topological polar surface area (TPSA) is 63.5 Å². The summed E-state index contributed by atoms with van der Waals surface area (Å²) in [7, 11) is 1.66. The van der Waals surface area contributed by atoms with Crippen molar-refractivity contribution in [1.82, 2.24) is 5.32 Å². The molecule has 1 aliphatic rings. The van der Waals surface area contributed by atoms with E-state index < -0.39 is 0 Å². The Bertz CT molecular complexity index is 293. The van der Waals surface area contributed by atoms with Gasteiger partial charge in [-0.1, -0.05) is 13.3 Å². The minimum absolute atomic E-state index is 0.326. The fourth-order valence-electron chi connectivity index (χ4n) is 2.89. The van der Waals surface area contributed by atoms with Gasteiger partial charge < -0.3 is 14.2 Å². The highest BCUT2D eigenvalue weighted by molar-refractivity contribution is 5.13. The number of rotatable bonds is 11. The summed E-state index contributed by atoms with van der Waals surface area (Å²) in [4.78, 5) is 0. The van der Waals surface area contributed by atoms with Crippen LogP contribution in [0.5, 0.6) is 0 Å². The van der Waals surface area contributed by atoms with Gasteiger partial charge in [-0.3, -0.25) is 5.32 Å². The molecule has 0 heterocycles. The standard InChI is InChI=1S/C15H28N2O3/c1-3-17-15(13-16)7-4-5-14(15)6-8-19-11-12-20-10-9-18-2/h14,17H,3-12H2,1-2H3. The molecule has 116 valence electrons. The van der Waals surface area contributed by atoms with Crippen molar-refractivity contribution in [2.24, 2.45) is 5.92 Å². The Morgan fingerprint density at radius 2 is 1.90 bits per heavy atom. The average Bonchev–Trinajstić information content (AvgIpc) is 2.86. The highest BCUT2D eigenvalue weighted by Gasteiger charge is 2.42. The summed E-state index contributed by atoms with van der Waals surface area (Å²) in [5.74, 6) is 0.404. The lowest BCUT2D eigenvalue weighted by atomic mass is 9.86. The molecule has 0 saturated heterocycles. The molecule has 0 aliphatic heterocycles. The van der Waals surface area contributed by atoms with E-state index in [2.05, 4.69) is 18.3 Å². The van der Waals surface area contributed by atoms with Crippen LogP contribution in [0.25, 0.3) is 0 Å². The Morgan fingerprint density at radius 1 is 1.20 bits per heavy atom. The normalized spacial score (nSPS) is 25.8. The van der Waals surface area contributed by atoms with Crippen LogP contribution in [-0.2, 0) is 14.2 Å². The van der Waals surface area contributed by atoms with E-state index in [1.54, 1.807) is 7.11 Å². The number of methoxy groups -OCH3 is 1. The average molecular weight is 284 g/mol. The first kappa shape index (κ1) is 17.4. The molecule has 1 N–H and O–H groups in total. The van der Waals surface area contributed by atoms with Gasteiger partial charge in [-0.25, -0.2) is 0 Å². The largest absolute Gasteiger partial charge is 0.382 e. The quantitative estimate of drug-likeness (QED) is 0.585. The summed E-state index contributed by atoms with van der Waals surface area (Å²) in [6, 6.07) is 2.50. The maximum absolute atomic E-state index is 9.46. The van der Waals surface area contributed by atoms with Gasteiger partial charge >= 0.3 is 0 Å². The number of nitrogens with zero attached hydrogens (tertiary/aromatic N) is 1. The van der Waals surface area contributed by atoms with Gasteiger partial charge in [-0.15, -0.1) is 0 Å². The molecule has 0 spiro atoms. The van der Waals surface area contributed by atoms with Crippen LogP contribution < -0.4 is 5.32 Å². The second kappa shape index (κ2) is 10.1. The molecule has 5 heteroatoms. The minimum Gasteiger partial charge on any atom is -0.382 e. The molecule has 0 radical (unpaired) electrons. The highest BCUT2D eigenvalue weighted by Crippen LogP contribution is 2.37. The maximum Gasteiger partial charge on any atom is 0.109 e. The second-order valence-corrected chi connectivity index (χ2v) is 5.21. The van der Waals surface area contributed by atoms with E-state index in [4.69, 9.17) is 14.2 Å². The van der Waals surface area contributed by atoms with Crippen molar-refractivity contribution in [2.75, 3.05) is 46.7 Å². The predicted molar refractivity (Wildman–Crippen MR) is 77.5 cm³/mol. The molecule has 0 amide bonds. The van der Waals surface area contributed by atoms with Crippen molar-refractivity contribution in [3.63, 3.8) is 0 Å². The van der Waals surface area contributed by atoms with E-state index in [0.29, 0.717) is 39.0 Å². The summed E-state index contributed by atoms with van der Waals surface area (Å²) in [5.41, 5.74) is -0.326. The lowest BCUT2D eigenvalue weighted by molar-refractivity contribution is 0.0205. The van der Waals surface area contributed by atoms with Crippen molar-refractivity contribution in [3.05, 3.63) is 0 Å². The fraction of sp³-hybridized carbons (Fsp3) is 0.933. The summed E-state index contributed by atoms with van der Waals surface area (Å²) in [5, 5.41) is 12.8. The Morgan fingerprint density at radius 3 is 2.55 bits per heavy atom. The molecule has 20 heavy (non-hydrogen) atoms. The molecule has 1 saturated carbocycles. The molecular formula is C15H28N2O3. The molecule has 2 unspecified atom stereocenters. The van der Waals surface area contributed by atoms with E-state index in [0.717, 1.165) is 32.2 Å². The molecule has 0 aromatic rings. The van der Waals surface area contributed by atoms with Crippen molar-refractivity contribution >= 4 is 0 Å². The summed E-state index contributed by atoms with van der Waals surface area (Å²) in [6.07, 6.45) is 4.15. The van der Waals surface area contributed by atoms with Crippen molar-refractivity contribution < 1.29 is 14.2 Å². The zero-order valence-electron chi connectivity index (χ0n) is 12.8. The molecule has 0 aromatic carbocycles. The maximum atomic E-state index is 9.46. The highest BCUT2D eigenvalue weighted by atomic mass is 16.5. The smallest absolute Gasteiger partial charge is 0.109 e. The van der Waals surface area contributed by atoms with Crippen LogP contribution in [0.15, 0.2) is 0 Å². The second-order valence-electron chi connectivity index (χ2n) is 5.21. The van der Waals surface area contributed by atoms with E-state index in [9.17, 15) is 5.26 Å². The number of ether oxygens (including phenoxy) is 3. The van der Waals surface area contributed by atoms with Crippen molar-refractivity contribution in [2.45, 2.75) is 38.1 Å². The monoisotopic (exact) mass is 284 g/mol. The van der Waals surface area contributed by atoms with Gasteiger partial charge in [-0.2, -0.15) is 5.26 Å². The summed E-state index contributed by atoms with van der Waals surface area (Å²) >= 11 is 0. The van der Waals surface area contributed by atoms with Crippen LogP contribution in [0.2, 0.25) is 0 Å². The predicted octanol–water partition coefficient (Wildman–Crippen LogP) is 1.73.